The molecule has 0 fully saturated rings. The number of thioether (sulfide) groups is 1. The number of nitrogens with one attached hydrogen (secondary N) is 1. The molecule has 0 radical (unpaired) electrons. The van der Waals surface area contributed by atoms with E-state index in [0.717, 1.165) is 5.75 Å². The Morgan fingerprint density at radius 3 is 2.77 bits per heavy atom. The summed E-state index contributed by atoms with van der Waals surface area (Å²) in [5, 5.41) is 3.00. The van der Waals surface area contributed by atoms with Crippen molar-refractivity contribution in [2.75, 3.05) is 5.75 Å². The van der Waals surface area contributed by atoms with E-state index in [0.29, 0.717) is 11.1 Å². The first-order valence-corrected chi connectivity index (χ1v) is 5.10. The minimum Gasteiger partial charge on any atom is -0.305 e. The molecule has 1 aliphatic rings. The molecule has 0 unspecified atom stereocenters. The van der Waals surface area contributed by atoms with Crippen molar-refractivity contribution >= 4 is 28.7 Å². The molecule has 0 aromatic carbocycles. The van der Waals surface area contributed by atoms with Crippen molar-refractivity contribution in [1.82, 2.24) is 5.32 Å². The summed E-state index contributed by atoms with van der Waals surface area (Å²) >= 11 is 1.41. The van der Waals surface area contributed by atoms with Crippen molar-refractivity contribution < 1.29 is 9.59 Å². The lowest BCUT2D eigenvalue weighted by atomic mass is 10.3. The molecule has 5 heteroatoms. The molecule has 13 heavy (non-hydrogen) atoms. The van der Waals surface area contributed by atoms with Gasteiger partial charge in [-0.1, -0.05) is 25.6 Å². The third-order valence-corrected chi connectivity index (χ3v) is 2.64. The van der Waals surface area contributed by atoms with Gasteiger partial charge in [0.25, 0.3) is 5.91 Å². The first-order chi connectivity index (χ1) is 6.08. The van der Waals surface area contributed by atoms with Crippen molar-refractivity contribution in [3.8, 4) is 0 Å². The Morgan fingerprint density at radius 1 is 1.54 bits per heavy atom. The second-order valence-corrected chi connectivity index (χ2v) is 4.25. The minimum atomic E-state index is -0.352. The van der Waals surface area contributed by atoms with Gasteiger partial charge in [-0.3, -0.25) is 9.59 Å². The molecule has 0 aromatic rings. The van der Waals surface area contributed by atoms with Gasteiger partial charge < -0.3 is 5.32 Å². The van der Waals surface area contributed by atoms with Gasteiger partial charge in [-0.05, 0) is 5.92 Å². The second kappa shape index (κ2) is 4.41. The lowest BCUT2D eigenvalue weighted by Crippen LogP contribution is -2.35. The number of amidine groups is 1. The van der Waals surface area contributed by atoms with Crippen LogP contribution in [0.5, 0.6) is 0 Å². The molecule has 2 amide bonds. The lowest BCUT2D eigenvalue weighted by Gasteiger charge is -2.12. The van der Waals surface area contributed by atoms with Gasteiger partial charge in [0.1, 0.15) is 6.42 Å². The summed E-state index contributed by atoms with van der Waals surface area (Å²) in [7, 11) is 0. The largest absolute Gasteiger partial charge is 0.305 e. The fourth-order valence-electron chi connectivity index (χ4n) is 0.796. The number of hydrogen-bond acceptors (Lipinski definition) is 3. The number of carbonyl (C=O) groups excluding carboxylic acids is 2. The quantitative estimate of drug-likeness (QED) is 0.670. The zero-order valence-electron chi connectivity index (χ0n) is 7.66. The fourth-order valence-corrected chi connectivity index (χ4v) is 1.64. The van der Waals surface area contributed by atoms with Crippen molar-refractivity contribution in [2.45, 2.75) is 20.3 Å². The third-order valence-electron chi connectivity index (χ3n) is 1.34. The number of amides is 2. The Morgan fingerprint density at radius 2 is 2.23 bits per heavy atom. The van der Waals surface area contributed by atoms with E-state index >= 15 is 0 Å². The summed E-state index contributed by atoms with van der Waals surface area (Å²) < 4.78 is 0. The Bertz CT molecular complexity index is 261. The number of nitrogens with zero attached hydrogens (tertiary/aromatic N) is 1. The number of rotatable bonds is 2. The Kier molecular flexibility index (Phi) is 3.48. The van der Waals surface area contributed by atoms with Crippen LogP contribution in [0.2, 0.25) is 0 Å². The second-order valence-electron chi connectivity index (χ2n) is 3.24. The van der Waals surface area contributed by atoms with Gasteiger partial charge in [0.2, 0.25) is 5.91 Å². The third kappa shape index (κ3) is 3.59. The van der Waals surface area contributed by atoms with Crippen molar-refractivity contribution in [1.29, 1.82) is 0 Å². The van der Waals surface area contributed by atoms with E-state index in [9.17, 15) is 9.59 Å². The van der Waals surface area contributed by atoms with E-state index in [-0.39, 0.29) is 18.2 Å². The van der Waals surface area contributed by atoms with E-state index in [1.54, 1.807) is 0 Å². The van der Waals surface area contributed by atoms with Crippen molar-refractivity contribution in [3.05, 3.63) is 0 Å². The van der Waals surface area contributed by atoms with Crippen molar-refractivity contribution in [2.24, 2.45) is 10.9 Å². The molecule has 0 spiro atoms. The van der Waals surface area contributed by atoms with Gasteiger partial charge in [0.05, 0.1) is 0 Å². The SMILES string of the molecule is CC(C)CSC1=NC(=O)CC(=O)N1. The standard InChI is InChI=1S/C8H12N2O2S/c1-5(2)4-13-8-9-6(11)3-7(12)10-8/h5H,3-4H2,1-2H3,(H,9,10,11,12). The van der Waals surface area contributed by atoms with Crippen LogP contribution in [-0.4, -0.2) is 22.7 Å². The van der Waals surface area contributed by atoms with Crippen LogP contribution in [0.3, 0.4) is 0 Å². The predicted molar refractivity (Wildman–Crippen MR) is 52.5 cm³/mol. The van der Waals surface area contributed by atoms with Crippen LogP contribution >= 0.6 is 11.8 Å². The molecule has 72 valence electrons. The van der Waals surface area contributed by atoms with Crippen LogP contribution < -0.4 is 5.32 Å². The molecule has 0 aromatic heterocycles. The van der Waals surface area contributed by atoms with Crippen molar-refractivity contribution in [3.63, 3.8) is 0 Å². The first kappa shape index (κ1) is 10.2. The summed E-state index contributed by atoms with van der Waals surface area (Å²) in [6.45, 7) is 4.14. The van der Waals surface area contributed by atoms with Crippen LogP contribution in [0, 0.1) is 5.92 Å². The highest BCUT2D eigenvalue weighted by Gasteiger charge is 2.18. The Labute approximate surface area is 81.2 Å². The zero-order valence-corrected chi connectivity index (χ0v) is 8.48. The lowest BCUT2D eigenvalue weighted by molar-refractivity contribution is -0.127. The minimum absolute atomic E-state index is 0.119. The van der Waals surface area contributed by atoms with Crippen LogP contribution in [0.4, 0.5) is 0 Å². The average Bonchev–Trinajstić information content (AvgIpc) is 1.99. The highest BCUT2D eigenvalue weighted by molar-refractivity contribution is 8.13. The van der Waals surface area contributed by atoms with Gasteiger partial charge in [0, 0.05) is 5.75 Å². The van der Waals surface area contributed by atoms with Gasteiger partial charge in [-0.2, -0.15) is 4.99 Å². The summed E-state index contributed by atoms with van der Waals surface area (Å²) in [5.74, 6) is 0.759. The molecule has 0 saturated carbocycles. The number of carbonyl (C=O) groups is 2. The molecular formula is C8H12N2O2S. The smallest absolute Gasteiger partial charge is 0.257 e. The molecule has 1 rings (SSSR count). The zero-order chi connectivity index (χ0) is 9.84. The highest BCUT2D eigenvalue weighted by Crippen LogP contribution is 2.11. The van der Waals surface area contributed by atoms with Crippen LogP contribution in [0.25, 0.3) is 0 Å². The number of hydrogen-bond donors (Lipinski definition) is 1. The molecule has 1 aliphatic heterocycles. The molecule has 0 aliphatic carbocycles. The maximum atomic E-state index is 10.9. The van der Waals surface area contributed by atoms with Gasteiger partial charge in [-0.15, -0.1) is 0 Å². The molecule has 0 bridgehead atoms. The predicted octanol–water partition coefficient (Wildman–Crippen LogP) is 0.778. The normalized spacial score (nSPS) is 17.3. The Balaban J connectivity index is 2.49. The van der Waals surface area contributed by atoms with E-state index < -0.39 is 0 Å². The molecule has 1 N–H and O–H groups in total. The monoisotopic (exact) mass is 200 g/mol. The highest BCUT2D eigenvalue weighted by atomic mass is 32.2. The average molecular weight is 200 g/mol. The summed E-state index contributed by atoms with van der Waals surface area (Å²) in [6, 6.07) is 0. The van der Waals surface area contributed by atoms with Crippen LogP contribution in [0.15, 0.2) is 4.99 Å². The summed E-state index contributed by atoms with van der Waals surface area (Å²) in [6.07, 6.45) is -0.119. The van der Waals surface area contributed by atoms with Gasteiger partial charge in [0.15, 0.2) is 5.17 Å². The van der Waals surface area contributed by atoms with E-state index in [4.69, 9.17) is 0 Å². The molecular weight excluding hydrogens is 188 g/mol. The van der Waals surface area contributed by atoms with Gasteiger partial charge in [-0.25, -0.2) is 0 Å². The molecule has 4 nitrogen and oxygen atoms in total. The Hall–Kier alpha value is -0.840. The topological polar surface area (TPSA) is 58.5 Å². The summed E-state index contributed by atoms with van der Waals surface area (Å²) in [5.41, 5.74) is 0. The maximum Gasteiger partial charge on any atom is 0.257 e. The van der Waals surface area contributed by atoms with E-state index in [1.165, 1.54) is 11.8 Å². The van der Waals surface area contributed by atoms with E-state index in [1.807, 2.05) is 0 Å². The maximum absolute atomic E-state index is 10.9. The fraction of sp³-hybridized carbons (Fsp3) is 0.625. The van der Waals surface area contributed by atoms with Crippen LogP contribution in [-0.2, 0) is 9.59 Å². The molecule has 0 saturated heterocycles. The summed E-state index contributed by atoms with van der Waals surface area (Å²) in [4.78, 5) is 25.5. The molecule has 1 heterocycles. The van der Waals surface area contributed by atoms with Crippen LogP contribution in [0.1, 0.15) is 20.3 Å². The first-order valence-electron chi connectivity index (χ1n) is 4.12. The van der Waals surface area contributed by atoms with Gasteiger partial charge >= 0.3 is 0 Å². The number of aliphatic imine (C=N–C) groups is 1. The molecule has 0 atom stereocenters. The van der Waals surface area contributed by atoms with E-state index in [2.05, 4.69) is 24.2 Å².